The van der Waals surface area contributed by atoms with Gasteiger partial charge in [0, 0.05) is 22.6 Å². The number of rotatable bonds is 3. The van der Waals surface area contributed by atoms with Crippen molar-refractivity contribution in [2.24, 2.45) is 0 Å². The maximum atomic E-state index is 12.3. The van der Waals surface area contributed by atoms with Crippen LogP contribution in [0.4, 0.5) is 5.69 Å². The summed E-state index contributed by atoms with van der Waals surface area (Å²) in [6.45, 7) is 0.556. The monoisotopic (exact) mass is 322 g/mol. The number of halogens is 1. The van der Waals surface area contributed by atoms with E-state index in [-0.39, 0.29) is 17.5 Å². The van der Waals surface area contributed by atoms with Gasteiger partial charge in [-0.3, -0.25) is 9.59 Å². The van der Waals surface area contributed by atoms with Gasteiger partial charge in [0.2, 0.25) is 5.91 Å². The van der Waals surface area contributed by atoms with Crippen molar-refractivity contribution in [3.63, 3.8) is 0 Å². The van der Waals surface area contributed by atoms with Crippen LogP contribution in [0.5, 0.6) is 0 Å². The van der Waals surface area contributed by atoms with Gasteiger partial charge in [0.25, 0.3) is 5.91 Å². The highest BCUT2D eigenvalue weighted by molar-refractivity contribution is 7.03. The number of benzene rings is 1. The number of hydrogen-bond acceptors (Lipinski definition) is 5. The summed E-state index contributed by atoms with van der Waals surface area (Å²) in [7, 11) is 0. The first-order chi connectivity index (χ1) is 10.1. The van der Waals surface area contributed by atoms with E-state index in [1.54, 1.807) is 34.5 Å². The van der Waals surface area contributed by atoms with E-state index in [1.807, 2.05) is 0 Å². The van der Waals surface area contributed by atoms with E-state index in [1.165, 1.54) is 0 Å². The van der Waals surface area contributed by atoms with E-state index in [4.69, 9.17) is 11.6 Å². The molecule has 1 fully saturated rings. The van der Waals surface area contributed by atoms with Crippen LogP contribution < -0.4 is 10.2 Å². The highest BCUT2D eigenvalue weighted by Crippen LogP contribution is 2.23. The highest BCUT2D eigenvalue weighted by Gasteiger charge is 2.34. The summed E-state index contributed by atoms with van der Waals surface area (Å²) in [5.41, 5.74) is 1.01. The van der Waals surface area contributed by atoms with Crippen molar-refractivity contribution in [1.82, 2.24) is 14.9 Å². The standard InChI is InChI=1S/C13H11ClN4O2S/c14-8-1-3-9(4-2-8)18-6-5-10(13(18)20)15-12(19)11-7-21-17-16-11/h1-4,7,10H,5-6H2,(H,15,19)/t10-/m1/s1. The summed E-state index contributed by atoms with van der Waals surface area (Å²) in [6, 6.07) is 6.51. The van der Waals surface area contributed by atoms with Crippen LogP contribution >= 0.6 is 23.1 Å². The quantitative estimate of drug-likeness (QED) is 0.933. The Morgan fingerprint density at radius 2 is 2.14 bits per heavy atom. The largest absolute Gasteiger partial charge is 0.339 e. The Morgan fingerprint density at radius 3 is 2.81 bits per heavy atom. The molecule has 1 saturated heterocycles. The minimum Gasteiger partial charge on any atom is -0.339 e. The fourth-order valence-electron chi connectivity index (χ4n) is 2.19. The van der Waals surface area contributed by atoms with Gasteiger partial charge in [0.15, 0.2) is 5.69 Å². The maximum Gasteiger partial charge on any atom is 0.273 e. The van der Waals surface area contributed by atoms with E-state index in [9.17, 15) is 9.59 Å². The number of aromatic nitrogens is 2. The number of anilines is 1. The second-order valence-electron chi connectivity index (χ2n) is 4.57. The number of carbonyl (C=O) groups is 2. The molecule has 0 radical (unpaired) electrons. The minimum absolute atomic E-state index is 0.131. The molecule has 0 bridgehead atoms. The Balaban J connectivity index is 1.69. The third-order valence-corrected chi connectivity index (χ3v) is 4.00. The van der Waals surface area contributed by atoms with Crippen LogP contribution in [0.25, 0.3) is 0 Å². The zero-order chi connectivity index (χ0) is 14.8. The Bertz CT molecular complexity index is 659. The number of hydrogen-bond donors (Lipinski definition) is 1. The Labute approximate surface area is 129 Å². The van der Waals surface area contributed by atoms with Crippen LogP contribution in [0.2, 0.25) is 5.02 Å². The van der Waals surface area contributed by atoms with Crippen molar-refractivity contribution in [3.8, 4) is 0 Å². The third-order valence-electron chi connectivity index (χ3n) is 3.24. The average Bonchev–Trinajstić information content (AvgIpc) is 3.11. The molecular formula is C13H11ClN4O2S. The first-order valence-electron chi connectivity index (χ1n) is 6.30. The summed E-state index contributed by atoms with van der Waals surface area (Å²) in [5.74, 6) is -0.506. The van der Waals surface area contributed by atoms with Crippen LogP contribution in [0.15, 0.2) is 29.6 Å². The van der Waals surface area contributed by atoms with Crippen LogP contribution in [0.1, 0.15) is 16.9 Å². The highest BCUT2D eigenvalue weighted by atomic mass is 35.5. The first-order valence-corrected chi connectivity index (χ1v) is 7.51. The molecule has 21 heavy (non-hydrogen) atoms. The summed E-state index contributed by atoms with van der Waals surface area (Å²) < 4.78 is 3.63. The molecule has 8 heteroatoms. The predicted molar refractivity (Wildman–Crippen MR) is 79.6 cm³/mol. The summed E-state index contributed by atoms with van der Waals surface area (Å²) in [6.07, 6.45) is 0.560. The van der Waals surface area contributed by atoms with Crippen molar-refractivity contribution in [1.29, 1.82) is 0 Å². The van der Waals surface area contributed by atoms with Crippen molar-refractivity contribution in [2.75, 3.05) is 11.4 Å². The second-order valence-corrected chi connectivity index (χ2v) is 5.62. The zero-order valence-corrected chi connectivity index (χ0v) is 12.4. The van der Waals surface area contributed by atoms with Crippen LogP contribution in [0.3, 0.4) is 0 Å². The minimum atomic E-state index is -0.533. The number of nitrogens with one attached hydrogen (secondary N) is 1. The molecule has 2 heterocycles. The molecule has 1 aliphatic heterocycles. The first kappa shape index (κ1) is 14.0. The van der Waals surface area contributed by atoms with Gasteiger partial charge in [-0.15, -0.1) is 5.10 Å². The van der Waals surface area contributed by atoms with Crippen LogP contribution in [-0.4, -0.2) is 34.0 Å². The normalized spacial score (nSPS) is 18.0. The van der Waals surface area contributed by atoms with Crippen molar-refractivity contribution in [2.45, 2.75) is 12.5 Å². The number of amides is 2. The lowest BCUT2D eigenvalue weighted by Crippen LogP contribution is -2.41. The van der Waals surface area contributed by atoms with Crippen LogP contribution in [-0.2, 0) is 4.79 Å². The van der Waals surface area contributed by atoms with Gasteiger partial charge in [-0.2, -0.15) is 0 Å². The van der Waals surface area contributed by atoms with E-state index < -0.39 is 6.04 Å². The van der Waals surface area contributed by atoms with Crippen LogP contribution in [0, 0.1) is 0 Å². The smallest absolute Gasteiger partial charge is 0.273 e. The summed E-state index contributed by atoms with van der Waals surface area (Å²) in [4.78, 5) is 25.9. The van der Waals surface area contributed by atoms with E-state index >= 15 is 0 Å². The molecule has 0 spiro atoms. The molecule has 1 aliphatic rings. The molecule has 2 amide bonds. The lowest BCUT2D eigenvalue weighted by molar-refractivity contribution is -0.118. The van der Waals surface area contributed by atoms with Gasteiger partial charge in [-0.1, -0.05) is 16.1 Å². The molecule has 0 saturated carbocycles. The predicted octanol–water partition coefficient (Wildman–Crippen LogP) is 1.73. The topological polar surface area (TPSA) is 75.2 Å². The number of carbonyl (C=O) groups excluding carboxylic acids is 2. The van der Waals surface area contributed by atoms with Gasteiger partial charge < -0.3 is 10.2 Å². The summed E-state index contributed by atoms with van der Waals surface area (Å²) in [5, 5.41) is 8.54. The molecule has 3 rings (SSSR count). The van der Waals surface area contributed by atoms with Gasteiger partial charge >= 0.3 is 0 Å². The lowest BCUT2D eigenvalue weighted by atomic mass is 10.2. The zero-order valence-electron chi connectivity index (χ0n) is 10.8. The molecular weight excluding hydrogens is 312 g/mol. The molecule has 6 nitrogen and oxygen atoms in total. The molecule has 1 N–H and O–H groups in total. The molecule has 0 unspecified atom stereocenters. The van der Waals surface area contributed by atoms with Gasteiger partial charge in [-0.05, 0) is 42.2 Å². The van der Waals surface area contributed by atoms with Crippen molar-refractivity contribution in [3.05, 3.63) is 40.4 Å². The van der Waals surface area contributed by atoms with Gasteiger partial charge in [0.1, 0.15) is 6.04 Å². The van der Waals surface area contributed by atoms with E-state index in [0.29, 0.717) is 18.0 Å². The van der Waals surface area contributed by atoms with E-state index in [2.05, 4.69) is 14.9 Å². The number of nitrogens with zero attached hydrogens (tertiary/aromatic N) is 3. The van der Waals surface area contributed by atoms with Crippen molar-refractivity contribution >= 4 is 40.6 Å². The third kappa shape index (κ3) is 2.88. The molecule has 1 aromatic carbocycles. The van der Waals surface area contributed by atoms with Gasteiger partial charge in [0.05, 0.1) is 0 Å². The van der Waals surface area contributed by atoms with E-state index in [0.717, 1.165) is 17.2 Å². The summed E-state index contributed by atoms with van der Waals surface area (Å²) >= 11 is 6.93. The Morgan fingerprint density at radius 1 is 1.38 bits per heavy atom. The Kier molecular flexibility index (Phi) is 3.85. The molecule has 108 valence electrons. The Hall–Kier alpha value is -1.99. The maximum absolute atomic E-state index is 12.3. The SMILES string of the molecule is O=C(N[C@@H]1CCN(c2ccc(Cl)cc2)C1=O)c1csnn1. The van der Waals surface area contributed by atoms with Gasteiger partial charge in [-0.25, -0.2) is 0 Å². The average molecular weight is 323 g/mol. The molecule has 2 aromatic rings. The fourth-order valence-corrected chi connectivity index (χ4v) is 2.75. The fraction of sp³-hybridized carbons (Fsp3) is 0.231. The second kappa shape index (κ2) is 5.79. The molecule has 1 atom stereocenters. The molecule has 0 aliphatic carbocycles. The molecule has 1 aromatic heterocycles. The van der Waals surface area contributed by atoms with Crippen molar-refractivity contribution < 1.29 is 9.59 Å². The lowest BCUT2D eigenvalue weighted by Gasteiger charge is -2.17.